The first-order valence-corrected chi connectivity index (χ1v) is 8.95. The molecule has 0 atom stereocenters. The van der Waals surface area contributed by atoms with Gasteiger partial charge in [-0.3, -0.25) is 14.9 Å². The van der Waals surface area contributed by atoms with E-state index in [0.29, 0.717) is 29.4 Å². The van der Waals surface area contributed by atoms with Crippen molar-refractivity contribution in [1.82, 2.24) is 0 Å². The zero-order chi connectivity index (χ0) is 21.2. The SMILES string of the molecule is CCCOc1ccccc1OCC(=O)OCC(=O)Nc1ccc([N+](=O)[O-])cc1C. The van der Waals surface area contributed by atoms with Crippen LogP contribution in [0, 0.1) is 17.0 Å². The number of nitrogens with zero attached hydrogens (tertiary/aromatic N) is 1. The van der Waals surface area contributed by atoms with Gasteiger partial charge in [-0.15, -0.1) is 0 Å². The second-order valence-electron chi connectivity index (χ2n) is 6.05. The van der Waals surface area contributed by atoms with Gasteiger partial charge in [-0.05, 0) is 37.1 Å². The standard InChI is InChI=1S/C20H22N2O7/c1-3-10-27-17-6-4-5-7-18(17)28-13-20(24)29-12-19(23)21-16-9-8-15(22(25)26)11-14(16)2/h4-9,11H,3,10,12-13H2,1-2H3,(H,21,23). The number of nitrogens with one attached hydrogen (secondary N) is 1. The van der Waals surface area contributed by atoms with Crippen molar-refractivity contribution in [2.75, 3.05) is 25.1 Å². The number of anilines is 1. The summed E-state index contributed by atoms with van der Waals surface area (Å²) in [4.78, 5) is 34.0. The molecule has 0 aliphatic carbocycles. The van der Waals surface area contributed by atoms with Gasteiger partial charge in [0.15, 0.2) is 24.7 Å². The molecular formula is C20H22N2O7. The predicted molar refractivity (Wildman–Crippen MR) is 105 cm³/mol. The summed E-state index contributed by atoms with van der Waals surface area (Å²) in [7, 11) is 0. The summed E-state index contributed by atoms with van der Waals surface area (Å²) in [6, 6.07) is 11.0. The molecule has 9 heteroatoms. The van der Waals surface area contributed by atoms with Crippen molar-refractivity contribution in [2.45, 2.75) is 20.3 Å². The third-order valence-electron chi connectivity index (χ3n) is 3.72. The topological polar surface area (TPSA) is 117 Å². The molecule has 0 radical (unpaired) electrons. The van der Waals surface area contributed by atoms with Gasteiger partial charge in [0.25, 0.3) is 11.6 Å². The fraction of sp³-hybridized carbons (Fsp3) is 0.300. The molecule has 0 aliphatic rings. The van der Waals surface area contributed by atoms with Crippen molar-refractivity contribution < 1.29 is 28.7 Å². The molecule has 2 aromatic carbocycles. The Balaban J connectivity index is 1.81. The minimum atomic E-state index is -0.717. The predicted octanol–water partition coefficient (Wildman–Crippen LogP) is 3.25. The number of esters is 1. The molecule has 29 heavy (non-hydrogen) atoms. The van der Waals surface area contributed by atoms with Crippen LogP contribution in [0.3, 0.4) is 0 Å². The van der Waals surface area contributed by atoms with Crippen molar-refractivity contribution >= 4 is 23.3 Å². The lowest BCUT2D eigenvalue weighted by atomic mass is 10.2. The smallest absolute Gasteiger partial charge is 0.344 e. The van der Waals surface area contributed by atoms with E-state index in [0.717, 1.165) is 6.42 Å². The van der Waals surface area contributed by atoms with E-state index in [9.17, 15) is 19.7 Å². The first-order chi connectivity index (χ1) is 13.9. The Bertz CT molecular complexity index is 883. The van der Waals surface area contributed by atoms with E-state index in [1.165, 1.54) is 18.2 Å². The number of para-hydroxylation sites is 2. The van der Waals surface area contributed by atoms with Crippen molar-refractivity contribution in [1.29, 1.82) is 0 Å². The molecule has 0 fully saturated rings. The number of nitro benzene ring substituents is 1. The summed E-state index contributed by atoms with van der Waals surface area (Å²) >= 11 is 0. The Kier molecular flexibility index (Phi) is 7.96. The average molecular weight is 402 g/mol. The lowest BCUT2D eigenvalue weighted by molar-refractivity contribution is -0.384. The molecule has 0 saturated heterocycles. The summed E-state index contributed by atoms with van der Waals surface area (Å²) in [5.74, 6) is -0.356. The Morgan fingerprint density at radius 2 is 1.76 bits per heavy atom. The fourth-order valence-electron chi connectivity index (χ4n) is 2.31. The maximum atomic E-state index is 12.0. The Labute approximate surface area is 167 Å². The van der Waals surface area contributed by atoms with Gasteiger partial charge >= 0.3 is 5.97 Å². The maximum Gasteiger partial charge on any atom is 0.344 e. The first kappa shape index (κ1) is 21.7. The van der Waals surface area contributed by atoms with Gasteiger partial charge in [-0.2, -0.15) is 0 Å². The third kappa shape index (κ3) is 6.80. The molecule has 0 unspecified atom stereocenters. The summed E-state index contributed by atoms with van der Waals surface area (Å²) in [6.45, 7) is 3.24. The van der Waals surface area contributed by atoms with Crippen LogP contribution in [0.15, 0.2) is 42.5 Å². The number of ether oxygens (including phenoxy) is 3. The second-order valence-corrected chi connectivity index (χ2v) is 6.05. The van der Waals surface area contributed by atoms with Crippen LogP contribution in [0.1, 0.15) is 18.9 Å². The van der Waals surface area contributed by atoms with Crippen LogP contribution < -0.4 is 14.8 Å². The number of carbonyl (C=O) groups is 2. The Hall–Kier alpha value is -3.62. The van der Waals surface area contributed by atoms with Crippen LogP contribution in [-0.4, -0.2) is 36.6 Å². The highest BCUT2D eigenvalue weighted by atomic mass is 16.6. The van der Waals surface area contributed by atoms with Crippen LogP contribution in [0.25, 0.3) is 0 Å². The van der Waals surface area contributed by atoms with Crippen molar-refractivity contribution in [3.05, 3.63) is 58.1 Å². The van der Waals surface area contributed by atoms with Crippen molar-refractivity contribution in [2.24, 2.45) is 0 Å². The summed E-state index contributed by atoms with van der Waals surface area (Å²) in [6.07, 6.45) is 0.833. The van der Waals surface area contributed by atoms with Gasteiger partial charge in [0, 0.05) is 17.8 Å². The summed E-state index contributed by atoms with van der Waals surface area (Å²) in [5.41, 5.74) is 0.841. The molecule has 0 heterocycles. The lowest BCUT2D eigenvalue weighted by Crippen LogP contribution is -2.24. The van der Waals surface area contributed by atoms with Crippen LogP contribution in [0.4, 0.5) is 11.4 Å². The highest BCUT2D eigenvalue weighted by molar-refractivity contribution is 5.93. The van der Waals surface area contributed by atoms with E-state index in [4.69, 9.17) is 14.2 Å². The summed E-state index contributed by atoms with van der Waals surface area (Å²) in [5, 5.41) is 13.3. The molecular weight excluding hydrogens is 380 g/mol. The molecule has 0 aliphatic heterocycles. The Morgan fingerprint density at radius 1 is 1.07 bits per heavy atom. The molecule has 2 rings (SSSR count). The second kappa shape index (κ2) is 10.6. The molecule has 154 valence electrons. The van der Waals surface area contributed by atoms with Crippen LogP contribution in [0.5, 0.6) is 11.5 Å². The van der Waals surface area contributed by atoms with Gasteiger partial charge < -0.3 is 19.5 Å². The number of nitro groups is 1. The molecule has 9 nitrogen and oxygen atoms in total. The highest BCUT2D eigenvalue weighted by Gasteiger charge is 2.13. The molecule has 0 spiro atoms. The molecule has 0 bridgehead atoms. The number of amides is 1. The largest absolute Gasteiger partial charge is 0.490 e. The van der Waals surface area contributed by atoms with E-state index in [-0.39, 0.29) is 12.3 Å². The zero-order valence-electron chi connectivity index (χ0n) is 16.2. The maximum absolute atomic E-state index is 12.0. The normalized spacial score (nSPS) is 10.1. The van der Waals surface area contributed by atoms with E-state index < -0.39 is 23.4 Å². The zero-order valence-corrected chi connectivity index (χ0v) is 16.2. The van der Waals surface area contributed by atoms with Crippen LogP contribution in [-0.2, 0) is 14.3 Å². The van der Waals surface area contributed by atoms with E-state index >= 15 is 0 Å². The number of hydrogen-bond acceptors (Lipinski definition) is 7. The average Bonchev–Trinajstić information content (AvgIpc) is 2.71. The fourth-order valence-corrected chi connectivity index (χ4v) is 2.31. The highest BCUT2D eigenvalue weighted by Crippen LogP contribution is 2.26. The van der Waals surface area contributed by atoms with Crippen LogP contribution in [0.2, 0.25) is 0 Å². The molecule has 1 N–H and O–H groups in total. The van der Waals surface area contributed by atoms with Gasteiger partial charge in [0.05, 0.1) is 11.5 Å². The monoisotopic (exact) mass is 402 g/mol. The minimum Gasteiger partial charge on any atom is -0.490 e. The van der Waals surface area contributed by atoms with Gasteiger partial charge in [-0.25, -0.2) is 4.79 Å². The number of rotatable bonds is 10. The van der Waals surface area contributed by atoms with E-state index in [1.807, 2.05) is 6.92 Å². The number of carbonyl (C=O) groups excluding carboxylic acids is 2. The van der Waals surface area contributed by atoms with E-state index in [2.05, 4.69) is 5.32 Å². The van der Waals surface area contributed by atoms with Crippen LogP contribution >= 0.6 is 0 Å². The van der Waals surface area contributed by atoms with Gasteiger partial charge in [0.2, 0.25) is 0 Å². The number of non-ortho nitro benzene ring substituents is 1. The Morgan fingerprint density at radius 3 is 2.38 bits per heavy atom. The first-order valence-electron chi connectivity index (χ1n) is 8.95. The quantitative estimate of drug-likeness (QED) is 0.368. The van der Waals surface area contributed by atoms with E-state index in [1.54, 1.807) is 31.2 Å². The number of benzene rings is 2. The third-order valence-corrected chi connectivity index (χ3v) is 3.72. The van der Waals surface area contributed by atoms with Gasteiger partial charge in [0.1, 0.15) is 0 Å². The van der Waals surface area contributed by atoms with Gasteiger partial charge in [-0.1, -0.05) is 19.1 Å². The molecule has 1 amide bonds. The van der Waals surface area contributed by atoms with Crippen molar-refractivity contribution in [3.8, 4) is 11.5 Å². The number of aryl methyl sites for hydroxylation is 1. The summed E-state index contributed by atoms with van der Waals surface area (Å²) < 4.78 is 15.8. The minimum absolute atomic E-state index is 0.0766. The lowest BCUT2D eigenvalue weighted by Gasteiger charge is -2.12. The molecule has 0 aromatic heterocycles. The number of hydrogen-bond donors (Lipinski definition) is 1. The molecule has 0 saturated carbocycles. The molecule has 2 aromatic rings. The van der Waals surface area contributed by atoms with Crippen molar-refractivity contribution in [3.63, 3.8) is 0 Å².